The van der Waals surface area contributed by atoms with Gasteiger partial charge in [-0.05, 0) is 49.7 Å². The third kappa shape index (κ3) is 3.15. The Morgan fingerprint density at radius 2 is 2.29 bits per heavy atom. The van der Waals surface area contributed by atoms with E-state index in [-0.39, 0.29) is 12.5 Å². The number of thiophene rings is 1. The van der Waals surface area contributed by atoms with Crippen molar-refractivity contribution in [2.75, 3.05) is 19.8 Å². The number of aliphatic hydroxyl groups excluding tert-OH is 1. The van der Waals surface area contributed by atoms with Gasteiger partial charge in [-0.1, -0.05) is 6.92 Å². The molecule has 2 heterocycles. The average Bonchev–Trinajstić information content (AvgIpc) is 2.91. The zero-order valence-corrected chi connectivity index (χ0v) is 13.3. The number of carbonyl (C=O) groups excluding carboxylic acids is 1. The highest BCUT2D eigenvalue weighted by Crippen LogP contribution is 2.32. The summed E-state index contributed by atoms with van der Waals surface area (Å²) in [5.74, 6) is 0.667. The molecule has 1 aromatic heterocycles. The maximum Gasteiger partial charge on any atom is 0.261 e. The van der Waals surface area contributed by atoms with Gasteiger partial charge in [0.05, 0.1) is 17.0 Å². The van der Waals surface area contributed by atoms with E-state index >= 15 is 0 Å². The molecular weight excluding hydrogens is 286 g/mol. The van der Waals surface area contributed by atoms with Crippen LogP contribution in [0.3, 0.4) is 0 Å². The van der Waals surface area contributed by atoms with E-state index in [1.54, 1.807) is 11.3 Å². The normalized spacial score (nSPS) is 24.4. The summed E-state index contributed by atoms with van der Waals surface area (Å²) in [5, 5.41) is 12.7. The number of rotatable bonds is 3. The minimum absolute atomic E-state index is 0.0236. The first-order valence-electron chi connectivity index (χ1n) is 7.74. The highest BCUT2D eigenvalue weighted by molar-refractivity contribution is 7.14. The molecule has 1 fully saturated rings. The maximum atomic E-state index is 12.5. The van der Waals surface area contributed by atoms with Crippen molar-refractivity contribution < 1.29 is 14.6 Å². The lowest BCUT2D eigenvalue weighted by atomic mass is 9.89. The van der Waals surface area contributed by atoms with Crippen LogP contribution in [0.4, 0.5) is 0 Å². The molecule has 0 saturated carbocycles. The predicted octanol–water partition coefficient (Wildman–Crippen LogP) is 2.14. The first kappa shape index (κ1) is 15.0. The first-order chi connectivity index (χ1) is 10.1. The molecule has 1 aromatic rings. The van der Waals surface area contributed by atoms with Gasteiger partial charge in [0.25, 0.3) is 5.91 Å². The van der Waals surface area contributed by atoms with Crippen LogP contribution >= 0.6 is 11.3 Å². The fourth-order valence-corrected chi connectivity index (χ4v) is 4.31. The van der Waals surface area contributed by atoms with Gasteiger partial charge in [0, 0.05) is 18.1 Å². The topological polar surface area (TPSA) is 58.6 Å². The molecule has 116 valence electrons. The molecule has 1 atom stereocenters. The number of fused-ring (bicyclic) bond motifs is 1. The molecule has 0 radical (unpaired) electrons. The minimum Gasteiger partial charge on any atom is -0.394 e. The third-order valence-electron chi connectivity index (χ3n) is 4.68. The SMILES string of the molecule is CC1CCc2sc(C(=O)NC3(CO)CCOCC3)cc2C1. The van der Waals surface area contributed by atoms with Crippen molar-refractivity contribution in [3.05, 3.63) is 21.4 Å². The van der Waals surface area contributed by atoms with Crippen molar-refractivity contribution in [2.45, 2.75) is 44.6 Å². The van der Waals surface area contributed by atoms with E-state index in [1.807, 2.05) is 0 Å². The van der Waals surface area contributed by atoms with E-state index in [0.717, 1.165) is 17.7 Å². The predicted molar refractivity (Wildman–Crippen MR) is 82.8 cm³/mol. The van der Waals surface area contributed by atoms with Crippen LogP contribution < -0.4 is 5.32 Å². The lowest BCUT2D eigenvalue weighted by Gasteiger charge is -2.36. The monoisotopic (exact) mass is 309 g/mol. The van der Waals surface area contributed by atoms with Crippen molar-refractivity contribution >= 4 is 17.2 Å². The van der Waals surface area contributed by atoms with E-state index in [0.29, 0.717) is 32.0 Å². The van der Waals surface area contributed by atoms with Crippen LogP contribution in [-0.2, 0) is 17.6 Å². The molecule has 0 spiro atoms. The maximum absolute atomic E-state index is 12.5. The second kappa shape index (κ2) is 6.07. The van der Waals surface area contributed by atoms with Gasteiger partial charge in [0.1, 0.15) is 0 Å². The Bertz CT molecular complexity index is 520. The molecule has 3 rings (SSSR count). The van der Waals surface area contributed by atoms with Crippen molar-refractivity contribution in [3.63, 3.8) is 0 Å². The first-order valence-corrected chi connectivity index (χ1v) is 8.56. The Balaban J connectivity index is 1.73. The standard InChI is InChI=1S/C16H23NO3S/c1-11-2-3-13-12(8-11)9-14(21-13)15(19)17-16(10-18)4-6-20-7-5-16/h9,11,18H,2-8,10H2,1H3,(H,17,19). The van der Waals surface area contributed by atoms with Crippen LogP contribution in [-0.4, -0.2) is 36.4 Å². The van der Waals surface area contributed by atoms with Crippen molar-refractivity contribution in [2.24, 2.45) is 5.92 Å². The zero-order valence-electron chi connectivity index (χ0n) is 12.5. The summed E-state index contributed by atoms with van der Waals surface area (Å²) in [6, 6.07) is 2.05. The molecule has 1 amide bonds. The smallest absolute Gasteiger partial charge is 0.261 e. The molecular formula is C16H23NO3S. The van der Waals surface area contributed by atoms with Gasteiger partial charge in [-0.25, -0.2) is 0 Å². The van der Waals surface area contributed by atoms with E-state index in [9.17, 15) is 9.90 Å². The molecule has 0 aromatic carbocycles. The van der Waals surface area contributed by atoms with Gasteiger partial charge in [-0.15, -0.1) is 11.3 Å². The van der Waals surface area contributed by atoms with Crippen LogP contribution in [0.25, 0.3) is 0 Å². The second-order valence-electron chi connectivity index (χ2n) is 6.41. The van der Waals surface area contributed by atoms with Gasteiger partial charge < -0.3 is 15.2 Å². The molecule has 2 N–H and O–H groups in total. The summed E-state index contributed by atoms with van der Waals surface area (Å²) in [7, 11) is 0. The third-order valence-corrected chi connectivity index (χ3v) is 5.92. The average molecular weight is 309 g/mol. The molecule has 4 nitrogen and oxygen atoms in total. The lowest BCUT2D eigenvalue weighted by molar-refractivity contribution is 0.0126. The number of aryl methyl sites for hydroxylation is 1. The molecule has 1 aliphatic carbocycles. The molecule has 5 heteroatoms. The molecule has 1 unspecified atom stereocenters. The zero-order chi connectivity index (χ0) is 14.9. The number of hydrogen-bond acceptors (Lipinski definition) is 4. The van der Waals surface area contributed by atoms with Crippen molar-refractivity contribution in [1.29, 1.82) is 0 Å². The van der Waals surface area contributed by atoms with Crippen molar-refractivity contribution in [1.82, 2.24) is 5.32 Å². The summed E-state index contributed by atoms with van der Waals surface area (Å²) in [5.41, 5.74) is 0.835. The Kier molecular flexibility index (Phi) is 4.33. The van der Waals surface area contributed by atoms with E-state index in [2.05, 4.69) is 18.3 Å². The lowest BCUT2D eigenvalue weighted by Crippen LogP contribution is -2.54. The molecule has 21 heavy (non-hydrogen) atoms. The van der Waals surface area contributed by atoms with Crippen molar-refractivity contribution in [3.8, 4) is 0 Å². The fraction of sp³-hybridized carbons (Fsp3) is 0.688. The summed E-state index contributed by atoms with van der Waals surface area (Å²) < 4.78 is 5.33. The fourth-order valence-electron chi connectivity index (χ4n) is 3.20. The number of hydrogen-bond donors (Lipinski definition) is 2. The van der Waals surface area contributed by atoms with Crippen LogP contribution in [0.2, 0.25) is 0 Å². The number of ether oxygens (including phenoxy) is 1. The largest absolute Gasteiger partial charge is 0.394 e. The van der Waals surface area contributed by atoms with Crippen LogP contribution in [0, 0.1) is 5.92 Å². The summed E-state index contributed by atoms with van der Waals surface area (Å²) >= 11 is 1.62. The summed E-state index contributed by atoms with van der Waals surface area (Å²) in [6.45, 7) is 3.44. The van der Waals surface area contributed by atoms with E-state index < -0.39 is 5.54 Å². The van der Waals surface area contributed by atoms with Crippen LogP contribution in [0.15, 0.2) is 6.07 Å². The molecule has 2 aliphatic rings. The van der Waals surface area contributed by atoms with Gasteiger partial charge in [-0.2, -0.15) is 0 Å². The summed E-state index contributed by atoms with van der Waals surface area (Å²) in [4.78, 5) is 14.7. The number of carbonyl (C=O) groups is 1. The number of amides is 1. The molecule has 1 saturated heterocycles. The number of nitrogens with one attached hydrogen (secondary N) is 1. The van der Waals surface area contributed by atoms with Crippen LogP contribution in [0.5, 0.6) is 0 Å². The summed E-state index contributed by atoms with van der Waals surface area (Å²) in [6.07, 6.45) is 4.74. The Morgan fingerprint density at radius 3 is 3.00 bits per heavy atom. The number of aliphatic hydroxyl groups is 1. The second-order valence-corrected chi connectivity index (χ2v) is 7.55. The van der Waals surface area contributed by atoms with Crippen LogP contribution in [0.1, 0.15) is 46.3 Å². The quantitative estimate of drug-likeness (QED) is 0.899. The molecule has 1 aliphatic heterocycles. The van der Waals surface area contributed by atoms with Gasteiger partial charge in [-0.3, -0.25) is 4.79 Å². The van der Waals surface area contributed by atoms with E-state index in [1.165, 1.54) is 16.9 Å². The van der Waals surface area contributed by atoms with Gasteiger partial charge >= 0.3 is 0 Å². The Hall–Kier alpha value is -0.910. The minimum atomic E-state index is -0.507. The van der Waals surface area contributed by atoms with Gasteiger partial charge in [0.15, 0.2) is 0 Å². The highest BCUT2D eigenvalue weighted by Gasteiger charge is 2.34. The Morgan fingerprint density at radius 1 is 1.52 bits per heavy atom. The van der Waals surface area contributed by atoms with Gasteiger partial charge in [0.2, 0.25) is 0 Å². The molecule has 0 bridgehead atoms. The van der Waals surface area contributed by atoms with E-state index in [4.69, 9.17) is 4.74 Å². The Labute approximate surface area is 129 Å². The highest BCUT2D eigenvalue weighted by atomic mass is 32.1.